The van der Waals surface area contributed by atoms with E-state index in [0.717, 1.165) is 18.4 Å². The molecular formula is C22H27ClN2O3S. The van der Waals surface area contributed by atoms with Crippen molar-refractivity contribution in [3.05, 3.63) is 65.7 Å². The van der Waals surface area contributed by atoms with E-state index in [2.05, 4.69) is 5.32 Å². The van der Waals surface area contributed by atoms with Crippen molar-refractivity contribution >= 4 is 28.2 Å². The number of sulfone groups is 1. The van der Waals surface area contributed by atoms with Crippen molar-refractivity contribution in [3.8, 4) is 0 Å². The fourth-order valence-electron chi connectivity index (χ4n) is 4.39. The quantitative estimate of drug-likeness (QED) is 0.782. The van der Waals surface area contributed by atoms with Crippen LogP contribution in [-0.2, 0) is 15.6 Å². The average Bonchev–Trinajstić information content (AvgIpc) is 3.05. The molecular weight excluding hydrogens is 408 g/mol. The Hall–Kier alpha value is -1.89. The number of halogens is 1. The van der Waals surface area contributed by atoms with Crippen LogP contribution in [0.1, 0.15) is 41.6 Å². The number of carbonyl (C=O) groups excluding carboxylic acids is 1. The molecule has 0 radical (unpaired) electrons. The summed E-state index contributed by atoms with van der Waals surface area (Å²) in [4.78, 5) is 15.0. The molecule has 0 aliphatic carbocycles. The molecule has 0 aromatic heterocycles. The van der Waals surface area contributed by atoms with Crippen LogP contribution >= 0.6 is 12.4 Å². The SMILES string of the molecule is CN(C(=O)c1ccc(S(=O)(=O)Cc2ccccc2)cc1)C1CC2CCC(C1)N2.Cl. The largest absolute Gasteiger partial charge is 0.339 e. The summed E-state index contributed by atoms with van der Waals surface area (Å²) in [5, 5.41) is 3.59. The molecule has 2 atom stereocenters. The number of amides is 1. The molecule has 2 aromatic carbocycles. The van der Waals surface area contributed by atoms with Crippen LogP contribution in [0, 0.1) is 0 Å². The van der Waals surface area contributed by atoms with Gasteiger partial charge in [-0.05, 0) is 55.5 Å². The maximum atomic E-state index is 12.9. The van der Waals surface area contributed by atoms with E-state index in [1.54, 1.807) is 36.4 Å². The minimum atomic E-state index is -3.44. The molecule has 29 heavy (non-hydrogen) atoms. The van der Waals surface area contributed by atoms with Crippen molar-refractivity contribution in [2.75, 3.05) is 7.05 Å². The second kappa shape index (κ2) is 8.86. The number of carbonyl (C=O) groups is 1. The Kier molecular flexibility index (Phi) is 6.66. The molecule has 2 unspecified atom stereocenters. The molecule has 2 aliphatic heterocycles. The predicted octanol–water partition coefficient (Wildman–Crippen LogP) is 3.44. The Morgan fingerprint density at radius 1 is 1.00 bits per heavy atom. The second-order valence-corrected chi connectivity index (χ2v) is 9.94. The summed E-state index contributed by atoms with van der Waals surface area (Å²) in [6.07, 6.45) is 4.36. The van der Waals surface area contributed by atoms with E-state index >= 15 is 0 Å². The monoisotopic (exact) mass is 434 g/mol. The molecule has 2 fully saturated rings. The highest BCUT2D eigenvalue weighted by Crippen LogP contribution is 2.30. The van der Waals surface area contributed by atoms with E-state index < -0.39 is 9.84 Å². The van der Waals surface area contributed by atoms with Gasteiger partial charge in [0.05, 0.1) is 10.6 Å². The number of nitrogens with zero attached hydrogens (tertiary/aromatic N) is 1. The molecule has 2 aliphatic rings. The highest BCUT2D eigenvalue weighted by Gasteiger charge is 2.36. The summed E-state index contributed by atoms with van der Waals surface area (Å²) in [7, 11) is -1.58. The third-order valence-corrected chi connectivity index (χ3v) is 7.68. The molecule has 1 amide bonds. The lowest BCUT2D eigenvalue weighted by Crippen LogP contribution is -2.48. The van der Waals surface area contributed by atoms with Crippen LogP contribution in [0.3, 0.4) is 0 Å². The summed E-state index contributed by atoms with van der Waals surface area (Å²) in [6.45, 7) is 0. The van der Waals surface area contributed by atoms with E-state index in [1.807, 2.05) is 30.1 Å². The Morgan fingerprint density at radius 3 is 2.17 bits per heavy atom. The molecule has 0 saturated carbocycles. The topological polar surface area (TPSA) is 66.5 Å². The van der Waals surface area contributed by atoms with Gasteiger partial charge in [0.1, 0.15) is 0 Å². The molecule has 0 spiro atoms. The summed E-state index contributed by atoms with van der Waals surface area (Å²) < 4.78 is 25.3. The minimum absolute atomic E-state index is 0. The van der Waals surface area contributed by atoms with Gasteiger partial charge in [0.25, 0.3) is 5.91 Å². The number of fused-ring (bicyclic) bond motifs is 2. The Balaban J connectivity index is 0.00000240. The molecule has 4 rings (SSSR count). The zero-order chi connectivity index (χ0) is 19.7. The summed E-state index contributed by atoms with van der Waals surface area (Å²) in [6, 6.07) is 16.8. The predicted molar refractivity (Wildman–Crippen MR) is 116 cm³/mol. The fraction of sp³-hybridized carbons (Fsp3) is 0.409. The zero-order valence-electron chi connectivity index (χ0n) is 16.5. The smallest absolute Gasteiger partial charge is 0.253 e. The van der Waals surface area contributed by atoms with Gasteiger partial charge in [-0.2, -0.15) is 0 Å². The normalized spacial score (nSPS) is 23.3. The van der Waals surface area contributed by atoms with Crippen LogP contribution in [0.4, 0.5) is 0 Å². The van der Waals surface area contributed by atoms with E-state index in [9.17, 15) is 13.2 Å². The molecule has 7 heteroatoms. The molecule has 2 heterocycles. The van der Waals surface area contributed by atoms with E-state index in [1.165, 1.54) is 12.8 Å². The van der Waals surface area contributed by atoms with Gasteiger partial charge in [-0.3, -0.25) is 4.79 Å². The number of rotatable bonds is 5. The molecule has 2 bridgehead atoms. The Morgan fingerprint density at radius 2 is 1.59 bits per heavy atom. The molecule has 2 aromatic rings. The van der Waals surface area contributed by atoms with E-state index in [4.69, 9.17) is 0 Å². The van der Waals surface area contributed by atoms with Crippen LogP contribution in [-0.4, -0.2) is 44.4 Å². The highest BCUT2D eigenvalue weighted by atomic mass is 35.5. The van der Waals surface area contributed by atoms with Crippen LogP contribution in [0.15, 0.2) is 59.5 Å². The van der Waals surface area contributed by atoms with Crippen molar-refractivity contribution in [2.24, 2.45) is 0 Å². The van der Waals surface area contributed by atoms with E-state index in [-0.39, 0.29) is 35.0 Å². The zero-order valence-corrected chi connectivity index (χ0v) is 18.1. The lowest BCUT2D eigenvalue weighted by molar-refractivity contribution is 0.0681. The molecule has 156 valence electrons. The van der Waals surface area contributed by atoms with Crippen molar-refractivity contribution in [3.63, 3.8) is 0 Å². The maximum absolute atomic E-state index is 12.9. The minimum Gasteiger partial charge on any atom is -0.339 e. The summed E-state index contributed by atoms with van der Waals surface area (Å²) in [5.74, 6) is -0.0860. The van der Waals surface area contributed by atoms with Gasteiger partial charge < -0.3 is 10.2 Å². The van der Waals surface area contributed by atoms with Crippen molar-refractivity contribution < 1.29 is 13.2 Å². The maximum Gasteiger partial charge on any atom is 0.253 e. The lowest BCUT2D eigenvalue weighted by atomic mass is 9.98. The fourth-order valence-corrected chi connectivity index (χ4v) is 5.74. The van der Waals surface area contributed by atoms with Crippen LogP contribution in [0.25, 0.3) is 0 Å². The number of hydrogen-bond acceptors (Lipinski definition) is 4. The van der Waals surface area contributed by atoms with Crippen LogP contribution in [0.2, 0.25) is 0 Å². The first-order chi connectivity index (χ1) is 13.4. The first-order valence-corrected chi connectivity index (χ1v) is 11.5. The van der Waals surface area contributed by atoms with Gasteiger partial charge in [-0.15, -0.1) is 12.4 Å². The van der Waals surface area contributed by atoms with Gasteiger partial charge in [0.2, 0.25) is 0 Å². The molecule has 2 saturated heterocycles. The van der Waals surface area contributed by atoms with Gasteiger partial charge in [0, 0.05) is 30.7 Å². The first-order valence-electron chi connectivity index (χ1n) is 9.82. The third-order valence-electron chi connectivity index (χ3n) is 5.98. The summed E-state index contributed by atoms with van der Waals surface area (Å²) in [5.41, 5.74) is 1.29. The number of hydrogen-bond donors (Lipinski definition) is 1. The van der Waals surface area contributed by atoms with Crippen LogP contribution in [0.5, 0.6) is 0 Å². The number of piperidine rings is 1. The van der Waals surface area contributed by atoms with Gasteiger partial charge in [-0.1, -0.05) is 30.3 Å². The van der Waals surface area contributed by atoms with Crippen molar-refractivity contribution in [1.82, 2.24) is 10.2 Å². The number of nitrogens with one attached hydrogen (secondary N) is 1. The van der Waals surface area contributed by atoms with E-state index in [0.29, 0.717) is 17.6 Å². The third kappa shape index (κ3) is 4.82. The Labute approximate surface area is 178 Å². The van der Waals surface area contributed by atoms with Crippen LogP contribution < -0.4 is 5.32 Å². The van der Waals surface area contributed by atoms with Gasteiger partial charge in [-0.25, -0.2) is 8.42 Å². The standard InChI is InChI=1S/C22H26N2O3S.ClH/c1-24(20-13-18-9-10-19(14-20)23-18)22(25)17-7-11-21(12-8-17)28(26,27)15-16-5-3-2-4-6-16;/h2-8,11-12,18-20,23H,9-10,13-15H2,1H3;1H. The first kappa shape index (κ1) is 21.8. The highest BCUT2D eigenvalue weighted by molar-refractivity contribution is 7.90. The number of benzene rings is 2. The van der Waals surface area contributed by atoms with Crippen molar-refractivity contribution in [2.45, 2.75) is 54.5 Å². The van der Waals surface area contributed by atoms with Gasteiger partial charge in [0.15, 0.2) is 9.84 Å². The van der Waals surface area contributed by atoms with Gasteiger partial charge >= 0.3 is 0 Å². The second-order valence-electron chi connectivity index (χ2n) is 7.95. The molecule has 1 N–H and O–H groups in total. The molecule has 5 nitrogen and oxygen atoms in total. The summed E-state index contributed by atoms with van der Waals surface area (Å²) >= 11 is 0. The van der Waals surface area contributed by atoms with Crippen molar-refractivity contribution in [1.29, 1.82) is 0 Å². The Bertz CT molecular complexity index is 936. The average molecular weight is 435 g/mol. The lowest BCUT2D eigenvalue weighted by Gasteiger charge is -2.35.